The van der Waals surface area contributed by atoms with Crippen molar-refractivity contribution >= 4 is 28.7 Å². The third-order valence-corrected chi connectivity index (χ3v) is 4.45. The van der Waals surface area contributed by atoms with E-state index in [-0.39, 0.29) is 5.78 Å². The number of halogens is 1. The molecule has 2 aromatic rings. The number of carbonyl (C=O) groups excluding carboxylic acids is 1. The molecule has 19 heavy (non-hydrogen) atoms. The Morgan fingerprint density at radius 2 is 2.05 bits per heavy atom. The van der Waals surface area contributed by atoms with Gasteiger partial charge in [0.25, 0.3) is 0 Å². The molecule has 0 aliphatic heterocycles. The molecule has 0 radical (unpaired) electrons. The summed E-state index contributed by atoms with van der Waals surface area (Å²) in [6, 6.07) is 9.40. The molecule has 0 aliphatic carbocycles. The minimum Gasteiger partial charge on any atom is -0.291 e. The van der Waals surface area contributed by atoms with Crippen LogP contribution in [0.2, 0.25) is 5.02 Å². The third-order valence-electron chi connectivity index (χ3n) is 3.10. The zero-order valence-corrected chi connectivity index (χ0v) is 12.2. The number of hydrogen-bond donors (Lipinski definition) is 0. The summed E-state index contributed by atoms with van der Waals surface area (Å²) < 4.78 is 0. The predicted molar refractivity (Wildman–Crippen MR) is 77.9 cm³/mol. The first-order chi connectivity index (χ1) is 9.04. The van der Waals surface area contributed by atoms with Gasteiger partial charge in [0, 0.05) is 0 Å². The van der Waals surface area contributed by atoms with Crippen molar-refractivity contribution in [3.8, 4) is 6.07 Å². The molecule has 1 aromatic carbocycles. The van der Waals surface area contributed by atoms with Gasteiger partial charge in [-0.1, -0.05) is 29.8 Å². The predicted octanol–water partition coefficient (Wildman–Crippen LogP) is 4.51. The van der Waals surface area contributed by atoms with Crippen LogP contribution in [0.4, 0.5) is 0 Å². The number of carbonyl (C=O) groups is 1. The molecule has 96 valence electrons. The Morgan fingerprint density at radius 3 is 2.58 bits per heavy atom. The van der Waals surface area contributed by atoms with Crippen LogP contribution in [0.3, 0.4) is 0 Å². The average Bonchev–Trinajstić information content (AvgIpc) is 2.80. The topological polar surface area (TPSA) is 40.9 Å². The molecule has 0 fully saturated rings. The summed E-state index contributed by atoms with van der Waals surface area (Å²) in [5, 5.41) is 11.5. The smallest absolute Gasteiger partial charge is 0.195 e. The Bertz CT molecular complexity index is 669. The second-order valence-corrected chi connectivity index (χ2v) is 5.69. The Hall–Kier alpha value is -1.63. The lowest BCUT2D eigenvalue weighted by atomic mass is 9.92. The Kier molecular flexibility index (Phi) is 4.04. The van der Waals surface area contributed by atoms with Crippen molar-refractivity contribution in [3.63, 3.8) is 0 Å². The van der Waals surface area contributed by atoms with E-state index in [1.54, 1.807) is 11.4 Å². The zero-order valence-electron chi connectivity index (χ0n) is 10.6. The first kappa shape index (κ1) is 13.8. The van der Waals surface area contributed by atoms with Crippen LogP contribution in [0.1, 0.15) is 32.3 Å². The minimum atomic E-state index is -0.796. The molecule has 1 aromatic heterocycles. The second-order valence-electron chi connectivity index (χ2n) is 4.37. The van der Waals surface area contributed by atoms with Crippen LogP contribution in [0.5, 0.6) is 0 Å². The lowest BCUT2D eigenvalue weighted by molar-refractivity contribution is 0.0983. The highest BCUT2D eigenvalue weighted by atomic mass is 35.5. The van der Waals surface area contributed by atoms with E-state index >= 15 is 0 Å². The van der Waals surface area contributed by atoms with Gasteiger partial charge in [-0.15, -0.1) is 11.3 Å². The fraction of sp³-hybridized carbons (Fsp3) is 0.200. The summed E-state index contributed by atoms with van der Waals surface area (Å²) in [7, 11) is 0. The molecule has 2 rings (SSSR count). The molecule has 2 nitrogen and oxygen atoms in total. The molecule has 1 atom stereocenters. The average molecular weight is 290 g/mol. The summed E-state index contributed by atoms with van der Waals surface area (Å²) in [6.45, 7) is 3.97. The number of aryl methyl sites for hydroxylation is 2. The maximum Gasteiger partial charge on any atom is 0.195 e. The number of thiophene rings is 1. The lowest BCUT2D eigenvalue weighted by Gasteiger charge is -2.10. The van der Waals surface area contributed by atoms with E-state index in [1.165, 1.54) is 11.3 Å². The van der Waals surface area contributed by atoms with E-state index < -0.39 is 5.92 Å². The molecular weight excluding hydrogens is 278 g/mol. The number of ketones is 1. The standard InChI is InChI=1S/C15H12ClNOS/c1-9-3-4-11(7-10(9)2)12(8-17)14(18)15-13(16)5-6-19-15/h3-7,12H,1-2H3. The first-order valence-corrected chi connectivity index (χ1v) is 7.04. The van der Waals surface area contributed by atoms with Gasteiger partial charge in [0.15, 0.2) is 5.78 Å². The number of hydrogen-bond acceptors (Lipinski definition) is 3. The molecular formula is C15H12ClNOS. The minimum absolute atomic E-state index is 0.231. The quantitative estimate of drug-likeness (QED) is 0.780. The number of benzene rings is 1. The van der Waals surface area contributed by atoms with Crippen molar-refractivity contribution in [2.75, 3.05) is 0 Å². The molecule has 0 saturated heterocycles. The zero-order chi connectivity index (χ0) is 14.0. The SMILES string of the molecule is Cc1ccc(C(C#N)C(=O)c2sccc2Cl)cc1C. The van der Waals surface area contributed by atoms with E-state index in [2.05, 4.69) is 6.07 Å². The van der Waals surface area contributed by atoms with Crippen LogP contribution in [0.25, 0.3) is 0 Å². The molecule has 1 heterocycles. The van der Waals surface area contributed by atoms with Crippen molar-refractivity contribution in [3.05, 3.63) is 56.2 Å². The molecule has 1 unspecified atom stereocenters. The highest BCUT2D eigenvalue weighted by Gasteiger charge is 2.24. The van der Waals surface area contributed by atoms with Crippen LogP contribution in [0.15, 0.2) is 29.6 Å². The fourth-order valence-corrected chi connectivity index (χ4v) is 2.95. The van der Waals surface area contributed by atoms with E-state index in [0.717, 1.165) is 16.7 Å². The van der Waals surface area contributed by atoms with Crippen molar-refractivity contribution in [1.82, 2.24) is 0 Å². The molecule has 0 bridgehead atoms. The van der Waals surface area contributed by atoms with Crippen LogP contribution in [-0.2, 0) is 0 Å². The van der Waals surface area contributed by atoms with E-state index in [9.17, 15) is 10.1 Å². The summed E-state index contributed by atoms with van der Waals surface area (Å²) >= 11 is 7.23. The number of nitriles is 1. The van der Waals surface area contributed by atoms with Crippen molar-refractivity contribution in [2.24, 2.45) is 0 Å². The largest absolute Gasteiger partial charge is 0.291 e. The monoisotopic (exact) mass is 289 g/mol. The Labute approximate surface area is 121 Å². The van der Waals surface area contributed by atoms with Crippen molar-refractivity contribution in [1.29, 1.82) is 5.26 Å². The van der Waals surface area contributed by atoms with Crippen molar-refractivity contribution < 1.29 is 4.79 Å². The molecule has 0 aliphatic rings. The first-order valence-electron chi connectivity index (χ1n) is 5.78. The third kappa shape index (κ3) is 2.70. The van der Waals surface area contributed by atoms with Gasteiger partial charge in [-0.2, -0.15) is 5.26 Å². The van der Waals surface area contributed by atoms with Crippen LogP contribution < -0.4 is 0 Å². The normalized spacial score (nSPS) is 11.9. The van der Waals surface area contributed by atoms with Crippen LogP contribution in [-0.4, -0.2) is 5.78 Å². The highest BCUT2D eigenvalue weighted by Crippen LogP contribution is 2.29. The second kappa shape index (κ2) is 5.56. The van der Waals surface area contributed by atoms with E-state index in [1.807, 2.05) is 32.0 Å². The van der Waals surface area contributed by atoms with Crippen LogP contribution >= 0.6 is 22.9 Å². The Balaban J connectivity index is 2.41. The van der Waals surface area contributed by atoms with Gasteiger partial charge >= 0.3 is 0 Å². The van der Waals surface area contributed by atoms with Gasteiger partial charge in [-0.25, -0.2) is 0 Å². The van der Waals surface area contributed by atoms with Gasteiger partial charge < -0.3 is 0 Å². The molecule has 0 spiro atoms. The fourth-order valence-electron chi connectivity index (χ4n) is 1.83. The summed E-state index contributed by atoms with van der Waals surface area (Å²) in [4.78, 5) is 12.8. The summed E-state index contributed by atoms with van der Waals surface area (Å²) in [6.07, 6.45) is 0. The summed E-state index contributed by atoms with van der Waals surface area (Å²) in [5.74, 6) is -1.03. The van der Waals surface area contributed by atoms with E-state index in [0.29, 0.717) is 9.90 Å². The number of nitrogens with zero attached hydrogens (tertiary/aromatic N) is 1. The molecule has 0 amide bonds. The van der Waals surface area contributed by atoms with Gasteiger partial charge in [0.1, 0.15) is 5.92 Å². The lowest BCUT2D eigenvalue weighted by Crippen LogP contribution is -2.10. The van der Waals surface area contributed by atoms with Crippen molar-refractivity contribution in [2.45, 2.75) is 19.8 Å². The maximum absolute atomic E-state index is 12.4. The van der Waals surface area contributed by atoms with Crippen LogP contribution in [0, 0.1) is 25.2 Å². The summed E-state index contributed by atoms with van der Waals surface area (Å²) in [5.41, 5.74) is 2.94. The van der Waals surface area contributed by atoms with E-state index in [4.69, 9.17) is 11.6 Å². The van der Waals surface area contributed by atoms with Gasteiger partial charge in [0.05, 0.1) is 16.0 Å². The number of Topliss-reactive ketones (excluding diaryl/α,β-unsaturated/α-hetero) is 1. The molecule has 0 N–H and O–H groups in total. The van der Waals surface area contributed by atoms with Gasteiger partial charge in [-0.3, -0.25) is 4.79 Å². The highest BCUT2D eigenvalue weighted by molar-refractivity contribution is 7.12. The molecule has 0 saturated carbocycles. The maximum atomic E-state index is 12.4. The van der Waals surface area contributed by atoms with Gasteiger partial charge in [0.2, 0.25) is 0 Å². The Morgan fingerprint density at radius 1 is 1.32 bits per heavy atom. The molecule has 4 heteroatoms. The van der Waals surface area contributed by atoms with Gasteiger partial charge in [-0.05, 0) is 42.0 Å². The number of rotatable bonds is 3.